The molecule has 0 amide bonds. The summed E-state index contributed by atoms with van der Waals surface area (Å²) in [5.41, 5.74) is 3.93. The van der Waals surface area contributed by atoms with Crippen molar-refractivity contribution in [2.24, 2.45) is 0 Å². The molecule has 1 rings (SSSR count). The molecule has 0 radical (unpaired) electrons. The van der Waals surface area contributed by atoms with Crippen molar-refractivity contribution in [2.45, 2.75) is 33.6 Å². The van der Waals surface area contributed by atoms with Crippen LogP contribution in [0.4, 0.5) is 0 Å². The van der Waals surface area contributed by atoms with Gasteiger partial charge in [-0.25, -0.2) is 0 Å². The Labute approximate surface area is 80.7 Å². The van der Waals surface area contributed by atoms with E-state index in [1.165, 1.54) is 16.7 Å². The Hall–Kier alpha value is -0.980. The van der Waals surface area contributed by atoms with Crippen LogP contribution in [-0.2, 0) is 0 Å². The molecule has 0 atom stereocenters. The standard InChI is InChI=1S/C12H18O/c1-8(2)11-6-9(3)10(4)7-12(11)13-5/h6-8H,1-5H3. The van der Waals surface area contributed by atoms with Gasteiger partial charge in [-0.05, 0) is 42.5 Å². The average Bonchev–Trinajstić information content (AvgIpc) is 2.08. The highest BCUT2D eigenvalue weighted by atomic mass is 16.5. The molecule has 0 bridgehead atoms. The smallest absolute Gasteiger partial charge is 0.122 e. The lowest BCUT2D eigenvalue weighted by molar-refractivity contribution is 0.407. The van der Waals surface area contributed by atoms with Gasteiger partial charge in [0, 0.05) is 0 Å². The lowest BCUT2D eigenvalue weighted by Crippen LogP contribution is -1.96. The van der Waals surface area contributed by atoms with Gasteiger partial charge in [-0.2, -0.15) is 0 Å². The van der Waals surface area contributed by atoms with Gasteiger partial charge in [-0.15, -0.1) is 0 Å². The maximum atomic E-state index is 5.34. The van der Waals surface area contributed by atoms with Crippen molar-refractivity contribution < 1.29 is 4.74 Å². The number of hydrogen-bond donors (Lipinski definition) is 0. The van der Waals surface area contributed by atoms with Crippen LogP contribution in [0.15, 0.2) is 12.1 Å². The van der Waals surface area contributed by atoms with Gasteiger partial charge in [-0.1, -0.05) is 19.9 Å². The first-order valence-electron chi connectivity index (χ1n) is 4.71. The van der Waals surface area contributed by atoms with E-state index in [1.54, 1.807) is 7.11 Å². The third-order valence-electron chi connectivity index (χ3n) is 2.47. The number of hydrogen-bond acceptors (Lipinski definition) is 1. The second-order valence-electron chi connectivity index (χ2n) is 3.83. The Morgan fingerprint density at radius 3 is 2.08 bits per heavy atom. The maximum Gasteiger partial charge on any atom is 0.122 e. The Bertz CT molecular complexity index is 300. The summed E-state index contributed by atoms with van der Waals surface area (Å²) in [6.45, 7) is 8.63. The van der Waals surface area contributed by atoms with E-state index in [-0.39, 0.29) is 0 Å². The Balaban J connectivity index is 3.25. The van der Waals surface area contributed by atoms with Crippen LogP contribution in [0.2, 0.25) is 0 Å². The molecule has 0 unspecified atom stereocenters. The summed E-state index contributed by atoms with van der Waals surface area (Å²) in [7, 11) is 1.73. The Morgan fingerprint density at radius 2 is 1.62 bits per heavy atom. The van der Waals surface area contributed by atoms with Crippen molar-refractivity contribution in [1.29, 1.82) is 0 Å². The lowest BCUT2D eigenvalue weighted by Gasteiger charge is -2.14. The highest BCUT2D eigenvalue weighted by molar-refractivity contribution is 5.43. The Morgan fingerprint density at radius 1 is 1.08 bits per heavy atom. The van der Waals surface area contributed by atoms with Crippen LogP contribution < -0.4 is 4.74 Å². The third-order valence-corrected chi connectivity index (χ3v) is 2.47. The van der Waals surface area contributed by atoms with Crippen molar-refractivity contribution in [1.82, 2.24) is 0 Å². The van der Waals surface area contributed by atoms with Gasteiger partial charge in [0.05, 0.1) is 7.11 Å². The first kappa shape index (κ1) is 10.1. The maximum absolute atomic E-state index is 5.34. The number of aryl methyl sites for hydroxylation is 2. The minimum atomic E-state index is 0.522. The summed E-state index contributed by atoms with van der Waals surface area (Å²) in [4.78, 5) is 0. The van der Waals surface area contributed by atoms with Gasteiger partial charge in [0.15, 0.2) is 0 Å². The monoisotopic (exact) mass is 178 g/mol. The number of benzene rings is 1. The minimum Gasteiger partial charge on any atom is -0.496 e. The van der Waals surface area contributed by atoms with Gasteiger partial charge in [0.1, 0.15) is 5.75 Å². The number of methoxy groups -OCH3 is 1. The van der Waals surface area contributed by atoms with E-state index < -0.39 is 0 Å². The van der Waals surface area contributed by atoms with E-state index >= 15 is 0 Å². The first-order chi connectivity index (χ1) is 6.06. The second-order valence-corrected chi connectivity index (χ2v) is 3.83. The third kappa shape index (κ3) is 2.03. The first-order valence-corrected chi connectivity index (χ1v) is 4.71. The molecule has 0 aromatic heterocycles. The summed E-state index contributed by atoms with van der Waals surface area (Å²) in [5.74, 6) is 1.53. The zero-order valence-corrected chi connectivity index (χ0v) is 9.14. The molecule has 0 aliphatic carbocycles. The molecule has 0 aliphatic rings. The fourth-order valence-electron chi connectivity index (χ4n) is 1.44. The fraction of sp³-hybridized carbons (Fsp3) is 0.500. The van der Waals surface area contributed by atoms with Crippen molar-refractivity contribution >= 4 is 0 Å². The van der Waals surface area contributed by atoms with Crippen LogP contribution in [0.25, 0.3) is 0 Å². The lowest BCUT2D eigenvalue weighted by atomic mass is 9.97. The topological polar surface area (TPSA) is 9.23 Å². The zero-order chi connectivity index (χ0) is 10.0. The summed E-state index contributed by atoms with van der Waals surface area (Å²) in [6.07, 6.45) is 0. The molecule has 0 spiro atoms. The summed E-state index contributed by atoms with van der Waals surface area (Å²) < 4.78 is 5.34. The van der Waals surface area contributed by atoms with Crippen LogP contribution in [-0.4, -0.2) is 7.11 Å². The summed E-state index contributed by atoms with van der Waals surface area (Å²) in [5, 5.41) is 0. The molecule has 0 N–H and O–H groups in total. The molecule has 1 aromatic carbocycles. The summed E-state index contributed by atoms with van der Waals surface area (Å²) >= 11 is 0. The highest BCUT2D eigenvalue weighted by Gasteiger charge is 2.08. The average molecular weight is 178 g/mol. The summed E-state index contributed by atoms with van der Waals surface area (Å²) in [6, 6.07) is 4.34. The molecule has 72 valence electrons. The number of ether oxygens (including phenoxy) is 1. The molecule has 1 heteroatoms. The molecule has 0 aliphatic heterocycles. The van der Waals surface area contributed by atoms with Gasteiger partial charge >= 0.3 is 0 Å². The molecule has 0 saturated heterocycles. The van der Waals surface area contributed by atoms with E-state index in [2.05, 4.69) is 39.8 Å². The molecule has 1 aromatic rings. The van der Waals surface area contributed by atoms with Crippen LogP contribution in [0.1, 0.15) is 36.5 Å². The van der Waals surface area contributed by atoms with Crippen molar-refractivity contribution in [3.63, 3.8) is 0 Å². The molecular formula is C12H18O. The Kier molecular flexibility index (Phi) is 2.97. The van der Waals surface area contributed by atoms with Crippen LogP contribution in [0, 0.1) is 13.8 Å². The molecule has 0 saturated carbocycles. The van der Waals surface area contributed by atoms with E-state index in [0.717, 1.165) is 5.75 Å². The minimum absolute atomic E-state index is 0.522. The van der Waals surface area contributed by atoms with Crippen molar-refractivity contribution in [3.8, 4) is 5.75 Å². The second kappa shape index (κ2) is 3.82. The zero-order valence-electron chi connectivity index (χ0n) is 9.14. The fourth-order valence-corrected chi connectivity index (χ4v) is 1.44. The van der Waals surface area contributed by atoms with Gasteiger partial charge < -0.3 is 4.74 Å². The normalized spacial score (nSPS) is 10.6. The van der Waals surface area contributed by atoms with Crippen LogP contribution in [0.3, 0.4) is 0 Å². The molecule has 13 heavy (non-hydrogen) atoms. The predicted molar refractivity (Wildman–Crippen MR) is 56.6 cm³/mol. The number of rotatable bonds is 2. The van der Waals surface area contributed by atoms with Gasteiger partial charge in [0.25, 0.3) is 0 Å². The van der Waals surface area contributed by atoms with Gasteiger partial charge in [0.2, 0.25) is 0 Å². The predicted octanol–water partition coefficient (Wildman–Crippen LogP) is 3.44. The highest BCUT2D eigenvalue weighted by Crippen LogP contribution is 2.28. The van der Waals surface area contributed by atoms with E-state index in [9.17, 15) is 0 Å². The largest absolute Gasteiger partial charge is 0.496 e. The van der Waals surface area contributed by atoms with E-state index in [4.69, 9.17) is 4.74 Å². The van der Waals surface area contributed by atoms with Crippen molar-refractivity contribution in [2.75, 3.05) is 7.11 Å². The molecular weight excluding hydrogens is 160 g/mol. The van der Waals surface area contributed by atoms with Crippen LogP contribution in [0.5, 0.6) is 5.75 Å². The van der Waals surface area contributed by atoms with E-state index in [1.807, 2.05) is 0 Å². The molecule has 1 nitrogen and oxygen atoms in total. The van der Waals surface area contributed by atoms with Crippen molar-refractivity contribution in [3.05, 3.63) is 28.8 Å². The quantitative estimate of drug-likeness (QED) is 0.674. The SMILES string of the molecule is COc1cc(C)c(C)cc1C(C)C. The van der Waals surface area contributed by atoms with Crippen LogP contribution >= 0.6 is 0 Å². The molecule has 0 heterocycles. The molecule has 0 fully saturated rings. The van der Waals surface area contributed by atoms with Gasteiger partial charge in [-0.3, -0.25) is 0 Å². The van der Waals surface area contributed by atoms with E-state index in [0.29, 0.717) is 5.92 Å².